The van der Waals surface area contributed by atoms with Gasteiger partial charge in [0.05, 0.1) is 19.5 Å². The van der Waals surface area contributed by atoms with E-state index in [1.54, 1.807) is 24.3 Å². The quantitative estimate of drug-likeness (QED) is 0.706. The zero-order valence-electron chi connectivity index (χ0n) is 9.78. The van der Waals surface area contributed by atoms with Crippen LogP contribution in [-0.2, 0) is 9.59 Å². The molecule has 96 valence electrons. The summed E-state index contributed by atoms with van der Waals surface area (Å²) in [6, 6.07) is 6.59. The Morgan fingerprint density at radius 2 is 2.39 bits per heavy atom. The minimum atomic E-state index is -0.335. The Kier molecular flexibility index (Phi) is 4.17. The molecular formula is C12H15ClN3O2+. The van der Waals surface area contributed by atoms with Crippen LogP contribution in [0.5, 0.6) is 0 Å². The number of rotatable bonds is 3. The molecule has 0 bridgehead atoms. The van der Waals surface area contributed by atoms with Gasteiger partial charge in [0.15, 0.2) is 6.04 Å². The van der Waals surface area contributed by atoms with E-state index in [0.29, 0.717) is 17.3 Å². The van der Waals surface area contributed by atoms with Crippen LogP contribution in [0.25, 0.3) is 0 Å². The van der Waals surface area contributed by atoms with Crippen molar-refractivity contribution < 1.29 is 14.9 Å². The van der Waals surface area contributed by atoms with Gasteiger partial charge in [-0.1, -0.05) is 17.7 Å². The number of nitrogens with two attached hydrogens (primary N) is 1. The zero-order valence-corrected chi connectivity index (χ0v) is 10.5. The molecule has 6 heteroatoms. The maximum atomic E-state index is 11.8. The van der Waals surface area contributed by atoms with Gasteiger partial charge in [-0.2, -0.15) is 0 Å². The number of amides is 2. The highest BCUT2D eigenvalue weighted by Gasteiger charge is 2.27. The molecule has 2 rings (SSSR count). The Hall–Kier alpha value is -1.59. The fourth-order valence-corrected chi connectivity index (χ4v) is 2.06. The Labute approximate surface area is 110 Å². The van der Waals surface area contributed by atoms with E-state index in [2.05, 4.69) is 10.6 Å². The van der Waals surface area contributed by atoms with Gasteiger partial charge < -0.3 is 16.0 Å². The molecular weight excluding hydrogens is 254 g/mol. The van der Waals surface area contributed by atoms with Crippen LogP contribution in [0.4, 0.5) is 5.69 Å². The Morgan fingerprint density at radius 3 is 3.11 bits per heavy atom. The largest absolute Gasteiger partial charge is 0.345 e. The van der Waals surface area contributed by atoms with Crippen molar-refractivity contribution in [2.24, 2.45) is 0 Å². The van der Waals surface area contributed by atoms with Gasteiger partial charge in [0, 0.05) is 10.7 Å². The van der Waals surface area contributed by atoms with Gasteiger partial charge in [-0.05, 0) is 18.2 Å². The molecule has 0 spiro atoms. The lowest BCUT2D eigenvalue weighted by molar-refractivity contribution is -0.678. The predicted molar refractivity (Wildman–Crippen MR) is 68.3 cm³/mol. The van der Waals surface area contributed by atoms with Gasteiger partial charge in [-0.25, -0.2) is 0 Å². The number of hydrogen-bond donors (Lipinski definition) is 3. The number of anilines is 1. The lowest BCUT2D eigenvalue weighted by Gasteiger charge is -2.19. The molecule has 1 aliphatic rings. The summed E-state index contributed by atoms with van der Waals surface area (Å²) < 4.78 is 0. The van der Waals surface area contributed by atoms with Crippen molar-refractivity contribution in [3.8, 4) is 0 Å². The fourth-order valence-electron chi connectivity index (χ4n) is 1.87. The second kappa shape index (κ2) is 5.84. The van der Waals surface area contributed by atoms with Crippen LogP contribution in [-0.4, -0.2) is 30.9 Å². The van der Waals surface area contributed by atoms with Gasteiger partial charge >= 0.3 is 0 Å². The van der Waals surface area contributed by atoms with E-state index in [0.717, 1.165) is 6.54 Å². The van der Waals surface area contributed by atoms with Gasteiger partial charge in [-0.3, -0.25) is 9.59 Å². The van der Waals surface area contributed by atoms with Crippen LogP contribution in [0.2, 0.25) is 5.02 Å². The second-order valence-corrected chi connectivity index (χ2v) is 4.62. The summed E-state index contributed by atoms with van der Waals surface area (Å²) in [4.78, 5) is 23.3. The first-order chi connectivity index (χ1) is 8.65. The van der Waals surface area contributed by atoms with Crippen molar-refractivity contribution in [1.82, 2.24) is 5.32 Å². The third kappa shape index (κ3) is 3.45. The summed E-state index contributed by atoms with van der Waals surface area (Å²) in [6.07, 6.45) is 0.165. The molecule has 1 aromatic carbocycles. The Morgan fingerprint density at radius 1 is 1.56 bits per heavy atom. The fraction of sp³-hybridized carbons (Fsp3) is 0.333. The average molecular weight is 269 g/mol. The molecule has 0 unspecified atom stereocenters. The van der Waals surface area contributed by atoms with E-state index in [9.17, 15) is 9.59 Å². The van der Waals surface area contributed by atoms with Crippen LogP contribution in [0.15, 0.2) is 24.3 Å². The van der Waals surface area contributed by atoms with Crippen molar-refractivity contribution in [3.05, 3.63) is 29.3 Å². The molecule has 1 saturated heterocycles. The van der Waals surface area contributed by atoms with Crippen molar-refractivity contribution in [1.29, 1.82) is 0 Å². The number of carbonyl (C=O) groups excluding carboxylic acids is 2. The van der Waals surface area contributed by atoms with Crippen molar-refractivity contribution in [3.63, 3.8) is 0 Å². The lowest BCUT2D eigenvalue weighted by atomic mass is 10.1. The Balaban J connectivity index is 1.90. The molecule has 0 saturated carbocycles. The molecule has 0 aromatic heterocycles. The van der Waals surface area contributed by atoms with E-state index in [4.69, 9.17) is 11.6 Å². The SMILES string of the molecule is O=C(C[C@@H]1[NH2+]CCNC1=O)Nc1cccc(Cl)c1. The first-order valence-corrected chi connectivity index (χ1v) is 6.19. The van der Waals surface area contributed by atoms with E-state index in [1.165, 1.54) is 0 Å². The normalized spacial score (nSPS) is 19.2. The number of halogens is 1. The standard InChI is InChI=1S/C12H14ClN3O2/c13-8-2-1-3-9(6-8)16-11(17)7-10-12(18)15-5-4-14-10/h1-3,6,10,14H,4-5,7H2,(H,15,18)(H,16,17)/p+1/t10-/m0/s1. The smallest absolute Gasteiger partial charge is 0.278 e. The number of piperazine rings is 1. The molecule has 1 aromatic rings. The minimum absolute atomic E-state index is 0.0810. The van der Waals surface area contributed by atoms with Crippen molar-refractivity contribution in [2.45, 2.75) is 12.5 Å². The number of benzene rings is 1. The summed E-state index contributed by atoms with van der Waals surface area (Å²) in [6.45, 7) is 1.46. The third-order valence-electron chi connectivity index (χ3n) is 2.75. The number of nitrogens with one attached hydrogen (secondary N) is 2. The Bertz CT molecular complexity index is 464. The van der Waals surface area contributed by atoms with E-state index in [-0.39, 0.29) is 24.3 Å². The second-order valence-electron chi connectivity index (χ2n) is 4.18. The molecule has 0 radical (unpaired) electrons. The van der Waals surface area contributed by atoms with Gasteiger partial charge in [-0.15, -0.1) is 0 Å². The highest BCUT2D eigenvalue weighted by molar-refractivity contribution is 6.30. The zero-order chi connectivity index (χ0) is 13.0. The van der Waals surface area contributed by atoms with Gasteiger partial charge in [0.25, 0.3) is 5.91 Å². The summed E-state index contributed by atoms with van der Waals surface area (Å²) >= 11 is 5.82. The van der Waals surface area contributed by atoms with Crippen LogP contribution in [0.3, 0.4) is 0 Å². The molecule has 1 fully saturated rings. The van der Waals surface area contributed by atoms with Crippen LogP contribution in [0, 0.1) is 0 Å². The topological polar surface area (TPSA) is 74.8 Å². The average Bonchev–Trinajstić information content (AvgIpc) is 2.32. The summed E-state index contributed by atoms with van der Waals surface area (Å²) in [7, 11) is 0. The molecule has 1 aliphatic heterocycles. The molecule has 2 amide bonds. The summed E-state index contributed by atoms with van der Waals surface area (Å²) in [5, 5.41) is 7.92. The highest BCUT2D eigenvalue weighted by Crippen LogP contribution is 2.15. The lowest BCUT2D eigenvalue weighted by Crippen LogP contribution is -2.96. The maximum Gasteiger partial charge on any atom is 0.278 e. The van der Waals surface area contributed by atoms with Gasteiger partial charge in [0.1, 0.15) is 0 Å². The van der Waals surface area contributed by atoms with Crippen LogP contribution in [0.1, 0.15) is 6.42 Å². The van der Waals surface area contributed by atoms with E-state index in [1.807, 2.05) is 5.32 Å². The van der Waals surface area contributed by atoms with Crippen molar-refractivity contribution >= 4 is 29.1 Å². The van der Waals surface area contributed by atoms with Crippen LogP contribution >= 0.6 is 11.6 Å². The number of quaternary nitrogens is 1. The summed E-state index contributed by atoms with van der Waals surface area (Å²) in [5.74, 6) is -0.266. The van der Waals surface area contributed by atoms with E-state index < -0.39 is 0 Å². The first-order valence-electron chi connectivity index (χ1n) is 5.81. The molecule has 1 heterocycles. The third-order valence-corrected chi connectivity index (χ3v) is 2.98. The highest BCUT2D eigenvalue weighted by atomic mass is 35.5. The molecule has 0 aliphatic carbocycles. The number of hydrogen-bond acceptors (Lipinski definition) is 2. The monoisotopic (exact) mass is 268 g/mol. The van der Waals surface area contributed by atoms with Crippen molar-refractivity contribution in [2.75, 3.05) is 18.4 Å². The first kappa shape index (κ1) is 12.9. The molecule has 4 N–H and O–H groups in total. The minimum Gasteiger partial charge on any atom is -0.345 e. The summed E-state index contributed by atoms with van der Waals surface area (Å²) in [5.41, 5.74) is 0.642. The molecule has 5 nitrogen and oxygen atoms in total. The predicted octanol–water partition coefficient (Wildman–Crippen LogP) is -0.270. The van der Waals surface area contributed by atoms with E-state index >= 15 is 0 Å². The molecule has 18 heavy (non-hydrogen) atoms. The molecule has 1 atom stereocenters. The van der Waals surface area contributed by atoms with Crippen LogP contribution < -0.4 is 16.0 Å². The number of carbonyl (C=O) groups is 2. The van der Waals surface area contributed by atoms with Gasteiger partial charge in [0.2, 0.25) is 5.91 Å². The maximum absolute atomic E-state index is 11.8.